The van der Waals surface area contributed by atoms with Crippen LogP contribution in [0.4, 0.5) is 5.13 Å². The third-order valence-electron chi connectivity index (χ3n) is 3.09. The van der Waals surface area contributed by atoms with Crippen molar-refractivity contribution in [1.82, 2.24) is 9.55 Å². The van der Waals surface area contributed by atoms with Crippen molar-refractivity contribution in [2.45, 2.75) is 6.61 Å². The van der Waals surface area contributed by atoms with Crippen molar-refractivity contribution >= 4 is 45.6 Å². The number of benzene rings is 1. The van der Waals surface area contributed by atoms with Crippen LogP contribution in [0.1, 0.15) is 16.2 Å². The molecule has 0 aliphatic carbocycles. The summed E-state index contributed by atoms with van der Waals surface area (Å²) in [5, 5.41) is 14.7. The first kappa shape index (κ1) is 16.0. The zero-order valence-corrected chi connectivity index (χ0v) is 14.0. The maximum Gasteiger partial charge on any atom is 0.274 e. The molecule has 3 aromatic rings. The van der Waals surface area contributed by atoms with E-state index >= 15 is 0 Å². The van der Waals surface area contributed by atoms with E-state index in [4.69, 9.17) is 28.3 Å². The van der Waals surface area contributed by atoms with Gasteiger partial charge in [0.25, 0.3) is 5.91 Å². The van der Waals surface area contributed by atoms with E-state index in [1.807, 2.05) is 0 Å². The molecule has 0 aliphatic rings. The van der Waals surface area contributed by atoms with Crippen LogP contribution in [-0.2, 0) is 6.61 Å². The molecule has 5 nitrogen and oxygen atoms in total. The number of aromatic nitrogens is 2. The van der Waals surface area contributed by atoms with Crippen molar-refractivity contribution in [3.63, 3.8) is 0 Å². The first-order chi connectivity index (χ1) is 11.1. The van der Waals surface area contributed by atoms with Crippen LogP contribution >= 0.6 is 34.5 Å². The molecule has 0 fully saturated rings. The molecule has 0 saturated heterocycles. The average molecular weight is 368 g/mol. The van der Waals surface area contributed by atoms with Gasteiger partial charge in [0.2, 0.25) is 0 Å². The molecule has 0 saturated carbocycles. The highest BCUT2D eigenvalue weighted by Crippen LogP contribution is 2.30. The Balaban J connectivity index is 1.93. The van der Waals surface area contributed by atoms with Gasteiger partial charge in [0.15, 0.2) is 5.13 Å². The van der Waals surface area contributed by atoms with Crippen LogP contribution in [0, 0.1) is 0 Å². The first-order valence-electron chi connectivity index (χ1n) is 6.58. The number of carbonyl (C=O) groups is 1. The number of carbonyl (C=O) groups excluding carboxylic acids is 1. The smallest absolute Gasteiger partial charge is 0.274 e. The Kier molecular flexibility index (Phi) is 4.68. The van der Waals surface area contributed by atoms with Crippen molar-refractivity contribution in [3.05, 3.63) is 63.3 Å². The highest BCUT2D eigenvalue weighted by atomic mass is 35.5. The van der Waals surface area contributed by atoms with Gasteiger partial charge in [-0.25, -0.2) is 4.98 Å². The van der Waals surface area contributed by atoms with Crippen molar-refractivity contribution in [2.24, 2.45) is 0 Å². The van der Waals surface area contributed by atoms with Gasteiger partial charge in [0.05, 0.1) is 28.0 Å². The number of aliphatic hydroxyl groups excluding tert-OH is 1. The number of hydrogen-bond acceptors (Lipinski definition) is 4. The minimum atomic E-state index is -0.343. The summed E-state index contributed by atoms with van der Waals surface area (Å²) in [6.45, 7) is -0.169. The van der Waals surface area contributed by atoms with Crippen molar-refractivity contribution < 1.29 is 9.90 Å². The molecule has 118 valence electrons. The largest absolute Gasteiger partial charge is 0.390 e. The number of nitrogens with zero attached hydrogens (tertiary/aromatic N) is 2. The fourth-order valence-electron chi connectivity index (χ4n) is 2.08. The molecule has 8 heteroatoms. The van der Waals surface area contributed by atoms with Gasteiger partial charge in [-0.1, -0.05) is 29.3 Å². The second-order valence-corrected chi connectivity index (χ2v) is 6.26. The zero-order chi connectivity index (χ0) is 16.4. The fraction of sp³-hybridized carbons (Fsp3) is 0.0667. The van der Waals surface area contributed by atoms with E-state index in [9.17, 15) is 4.79 Å². The maximum absolute atomic E-state index is 12.5. The lowest BCUT2D eigenvalue weighted by atomic mass is 10.3. The molecule has 1 amide bonds. The Morgan fingerprint density at radius 2 is 2.00 bits per heavy atom. The van der Waals surface area contributed by atoms with Crippen LogP contribution in [0.5, 0.6) is 0 Å². The van der Waals surface area contributed by atoms with Gasteiger partial charge < -0.3 is 9.67 Å². The summed E-state index contributed by atoms with van der Waals surface area (Å²) in [7, 11) is 0. The number of halogens is 2. The number of para-hydroxylation sites is 1. The van der Waals surface area contributed by atoms with Gasteiger partial charge in [-0.3, -0.25) is 10.1 Å². The van der Waals surface area contributed by atoms with E-state index in [-0.39, 0.29) is 12.5 Å². The molecule has 2 aromatic heterocycles. The molecule has 23 heavy (non-hydrogen) atoms. The van der Waals surface area contributed by atoms with Gasteiger partial charge in [-0.15, -0.1) is 11.3 Å². The number of nitrogens with one attached hydrogen (secondary N) is 1. The molecular formula is C15H11Cl2N3O2S. The Morgan fingerprint density at radius 1 is 1.26 bits per heavy atom. The molecule has 2 N–H and O–H groups in total. The van der Waals surface area contributed by atoms with E-state index in [1.54, 1.807) is 46.5 Å². The van der Waals surface area contributed by atoms with Crippen LogP contribution in [0.25, 0.3) is 5.69 Å². The lowest BCUT2D eigenvalue weighted by Crippen LogP contribution is -2.16. The van der Waals surface area contributed by atoms with Gasteiger partial charge in [0.1, 0.15) is 5.69 Å². The van der Waals surface area contributed by atoms with Gasteiger partial charge in [-0.05, 0) is 24.3 Å². The predicted octanol–water partition coefficient (Wildman–Crippen LogP) is 3.99. The zero-order valence-electron chi connectivity index (χ0n) is 11.7. The highest BCUT2D eigenvalue weighted by molar-refractivity contribution is 7.13. The first-order valence-corrected chi connectivity index (χ1v) is 8.22. The Morgan fingerprint density at radius 3 is 2.65 bits per heavy atom. The lowest BCUT2D eigenvalue weighted by molar-refractivity contribution is 0.102. The average Bonchev–Trinajstić information content (AvgIpc) is 3.16. The molecule has 1 aromatic carbocycles. The molecule has 0 spiro atoms. The fourth-order valence-corrected chi connectivity index (χ4v) is 3.35. The Labute approximate surface area is 146 Å². The van der Waals surface area contributed by atoms with Gasteiger partial charge in [-0.2, -0.15) is 0 Å². The molecule has 0 bridgehead atoms. The Bertz CT molecular complexity index is 840. The minimum absolute atomic E-state index is 0.169. The molecular weight excluding hydrogens is 357 g/mol. The molecule has 2 heterocycles. The van der Waals surface area contributed by atoms with Crippen LogP contribution in [0.3, 0.4) is 0 Å². The predicted molar refractivity (Wildman–Crippen MR) is 91.8 cm³/mol. The van der Waals surface area contributed by atoms with Crippen molar-refractivity contribution in [3.8, 4) is 5.69 Å². The lowest BCUT2D eigenvalue weighted by Gasteiger charge is -2.12. The Hall–Kier alpha value is -1.86. The van der Waals surface area contributed by atoms with E-state index in [2.05, 4.69) is 10.3 Å². The summed E-state index contributed by atoms with van der Waals surface area (Å²) in [5.41, 5.74) is 1.43. The topological polar surface area (TPSA) is 67.2 Å². The third-order valence-corrected chi connectivity index (χ3v) is 4.51. The molecule has 0 unspecified atom stereocenters. The normalized spacial score (nSPS) is 10.7. The van der Waals surface area contributed by atoms with E-state index < -0.39 is 0 Å². The maximum atomic E-state index is 12.5. The highest BCUT2D eigenvalue weighted by Gasteiger charge is 2.17. The number of thiazole rings is 1. The number of anilines is 1. The summed E-state index contributed by atoms with van der Waals surface area (Å²) in [6.07, 6.45) is 1.71. The van der Waals surface area contributed by atoms with Gasteiger partial charge >= 0.3 is 0 Å². The third kappa shape index (κ3) is 3.25. The molecule has 0 radical (unpaired) electrons. The van der Waals surface area contributed by atoms with Crippen LogP contribution in [0.15, 0.2) is 41.9 Å². The summed E-state index contributed by atoms with van der Waals surface area (Å²) in [4.78, 5) is 16.6. The summed E-state index contributed by atoms with van der Waals surface area (Å²) >= 11 is 13.7. The number of aliphatic hydroxyl groups is 1. The SMILES string of the molecule is O=C(Nc1nc(CO)cs1)c1cccn1-c1c(Cl)cccc1Cl. The summed E-state index contributed by atoms with van der Waals surface area (Å²) < 4.78 is 1.63. The monoisotopic (exact) mass is 367 g/mol. The van der Waals surface area contributed by atoms with Crippen molar-refractivity contribution in [1.29, 1.82) is 0 Å². The number of rotatable bonds is 4. The number of amides is 1. The van der Waals surface area contributed by atoms with E-state index in [1.165, 1.54) is 11.3 Å². The number of hydrogen-bond donors (Lipinski definition) is 2. The summed E-state index contributed by atoms with van der Waals surface area (Å²) in [5.74, 6) is -0.343. The minimum Gasteiger partial charge on any atom is -0.390 e. The van der Waals surface area contributed by atoms with E-state index in [0.29, 0.717) is 32.3 Å². The molecule has 3 rings (SSSR count). The van der Waals surface area contributed by atoms with Gasteiger partial charge in [0, 0.05) is 11.6 Å². The molecule has 0 aliphatic heterocycles. The molecule has 0 atom stereocenters. The standard InChI is InChI=1S/C15H11Cl2N3O2S/c16-10-3-1-4-11(17)13(10)20-6-2-5-12(20)14(22)19-15-18-9(7-21)8-23-15/h1-6,8,21H,7H2,(H,18,19,22). The van der Waals surface area contributed by atoms with E-state index in [0.717, 1.165) is 0 Å². The van der Waals surface area contributed by atoms with Crippen LogP contribution in [0.2, 0.25) is 10.0 Å². The van der Waals surface area contributed by atoms with Crippen molar-refractivity contribution in [2.75, 3.05) is 5.32 Å². The van der Waals surface area contributed by atoms with Crippen LogP contribution in [-0.4, -0.2) is 20.6 Å². The van der Waals surface area contributed by atoms with Crippen LogP contribution < -0.4 is 5.32 Å². The quantitative estimate of drug-likeness (QED) is 0.732. The second-order valence-electron chi connectivity index (χ2n) is 4.59. The summed E-state index contributed by atoms with van der Waals surface area (Å²) in [6, 6.07) is 8.55. The second kappa shape index (κ2) is 6.72.